The van der Waals surface area contributed by atoms with Gasteiger partial charge in [-0.25, -0.2) is 4.79 Å². The number of nitro groups is 1. The summed E-state index contributed by atoms with van der Waals surface area (Å²) in [4.78, 5) is 37.4. The van der Waals surface area contributed by atoms with E-state index in [0.29, 0.717) is 16.9 Å². The maximum absolute atomic E-state index is 13.1. The molecule has 3 rings (SSSR count). The minimum atomic E-state index is -0.583. The Morgan fingerprint density at radius 1 is 1.14 bits per heavy atom. The summed E-state index contributed by atoms with van der Waals surface area (Å²) in [6, 6.07) is 14.8. The van der Waals surface area contributed by atoms with Crippen LogP contribution in [0.3, 0.4) is 0 Å². The molecule has 0 saturated heterocycles. The molecule has 0 N–H and O–H groups in total. The van der Waals surface area contributed by atoms with Crippen molar-refractivity contribution in [2.45, 2.75) is 13.8 Å². The van der Waals surface area contributed by atoms with Crippen LogP contribution in [0.15, 0.2) is 71.4 Å². The first-order valence-electron chi connectivity index (χ1n) is 8.68. The summed E-state index contributed by atoms with van der Waals surface area (Å²) in [6.45, 7) is 3.56. The van der Waals surface area contributed by atoms with E-state index in [1.165, 1.54) is 29.2 Å². The van der Waals surface area contributed by atoms with Crippen LogP contribution in [0.5, 0.6) is 0 Å². The topological polar surface area (TPSA) is 89.8 Å². The lowest BCUT2D eigenvalue weighted by atomic mass is 10.0. The van der Waals surface area contributed by atoms with E-state index in [-0.39, 0.29) is 29.3 Å². The van der Waals surface area contributed by atoms with Gasteiger partial charge in [0, 0.05) is 23.5 Å². The van der Waals surface area contributed by atoms with Gasteiger partial charge in [0.25, 0.3) is 11.6 Å². The van der Waals surface area contributed by atoms with Gasteiger partial charge >= 0.3 is 5.97 Å². The summed E-state index contributed by atoms with van der Waals surface area (Å²) >= 11 is 0. The number of hydrogen-bond acceptors (Lipinski definition) is 5. The first-order chi connectivity index (χ1) is 13.4. The summed E-state index contributed by atoms with van der Waals surface area (Å²) in [6.07, 6.45) is 1.55. The molecule has 0 unspecified atom stereocenters. The fourth-order valence-corrected chi connectivity index (χ4v) is 3.03. The molecule has 0 bridgehead atoms. The van der Waals surface area contributed by atoms with Crippen molar-refractivity contribution in [1.29, 1.82) is 0 Å². The van der Waals surface area contributed by atoms with Gasteiger partial charge in [0.15, 0.2) is 0 Å². The third-order valence-corrected chi connectivity index (χ3v) is 4.31. The predicted molar refractivity (Wildman–Crippen MR) is 104 cm³/mol. The van der Waals surface area contributed by atoms with E-state index in [2.05, 4.69) is 0 Å². The normalized spacial score (nSPS) is 15.3. The maximum Gasteiger partial charge on any atom is 0.340 e. The molecule has 0 saturated carbocycles. The fraction of sp³-hybridized carbons (Fsp3) is 0.143. The SMILES string of the molecule is CCOC(=O)C1=C(C)N(c2ccccc2)C(=O)/C1=C/c1ccc([N+](=O)[O-])cc1. The van der Waals surface area contributed by atoms with Gasteiger partial charge in [0.05, 0.1) is 22.7 Å². The molecule has 0 aliphatic carbocycles. The molecule has 1 amide bonds. The number of benzene rings is 2. The Bertz CT molecular complexity index is 991. The second kappa shape index (κ2) is 7.87. The van der Waals surface area contributed by atoms with Gasteiger partial charge in [-0.1, -0.05) is 18.2 Å². The van der Waals surface area contributed by atoms with Crippen LogP contribution >= 0.6 is 0 Å². The highest BCUT2D eigenvalue weighted by Crippen LogP contribution is 2.35. The zero-order valence-electron chi connectivity index (χ0n) is 15.4. The third-order valence-electron chi connectivity index (χ3n) is 4.31. The monoisotopic (exact) mass is 378 g/mol. The van der Waals surface area contributed by atoms with Gasteiger partial charge < -0.3 is 4.74 Å². The van der Waals surface area contributed by atoms with Crippen molar-refractivity contribution in [3.05, 3.63) is 87.1 Å². The Labute approximate surface area is 161 Å². The highest BCUT2D eigenvalue weighted by molar-refractivity contribution is 6.23. The zero-order valence-corrected chi connectivity index (χ0v) is 15.4. The number of non-ortho nitro benzene ring substituents is 1. The molecule has 2 aromatic rings. The third kappa shape index (κ3) is 3.55. The lowest BCUT2D eigenvalue weighted by Crippen LogP contribution is -2.24. The van der Waals surface area contributed by atoms with Crippen molar-refractivity contribution in [1.82, 2.24) is 0 Å². The second-order valence-corrected chi connectivity index (χ2v) is 6.06. The van der Waals surface area contributed by atoms with E-state index in [9.17, 15) is 19.7 Å². The van der Waals surface area contributed by atoms with Gasteiger partial charge in [-0.3, -0.25) is 19.8 Å². The van der Waals surface area contributed by atoms with Crippen LogP contribution in [0, 0.1) is 10.1 Å². The van der Waals surface area contributed by atoms with Gasteiger partial charge in [-0.15, -0.1) is 0 Å². The molecule has 7 nitrogen and oxygen atoms in total. The first kappa shape index (κ1) is 19.0. The summed E-state index contributed by atoms with van der Waals surface area (Å²) in [5.74, 6) is -0.940. The molecule has 0 atom stereocenters. The van der Waals surface area contributed by atoms with Crippen molar-refractivity contribution < 1.29 is 19.2 Å². The first-order valence-corrected chi connectivity index (χ1v) is 8.68. The fourth-order valence-electron chi connectivity index (χ4n) is 3.03. The lowest BCUT2D eigenvalue weighted by Gasteiger charge is -2.17. The van der Waals surface area contributed by atoms with E-state index in [1.54, 1.807) is 44.2 Å². The molecule has 0 radical (unpaired) electrons. The highest BCUT2D eigenvalue weighted by Gasteiger charge is 2.37. The number of nitro benzene ring substituents is 1. The van der Waals surface area contributed by atoms with Crippen LogP contribution in [-0.2, 0) is 14.3 Å². The molecular weight excluding hydrogens is 360 g/mol. The maximum atomic E-state index is 13.1. The number of amides is 1. The number of hydrogen-bond donors (Lipinski definition) is 0. The summed E-state index contributed by atoms with van der Waals surface area (Å²) in [7, 11) is 0. The molecule has 28 heavy (non-hydrogen) atoms. The minimum absolute atomic E-state index is 0.0526. The number of carbonyl (C=O) groups is 2. The van der Waals surface area contributed by atoms with Gasteiger partial charge in [-0.05, 0) is 49.8 Å². The largest absolute Gasteiger partial charge is 0.462 e. The minimum Gasteiger partial charge on any atom is -0.462 e. The Balaban J connectivity index is 2.08. The quantitative estimate of drug-likeness (QED) is 0.341. The van der Waals surface area contributed by atoms with Crippen LogP contribution in [0.2, 0.25) is 0 Å². The summed E-state index contributed by atoms with van der Waals surface area (Å²) < 4.78 is 5.14. The Kier molecular flexibility index (Phi) is 5.35. The molecule has 0 fully saturated rings. The zero-order chi connectivity index (χ0) is 20.3. The molecule has 0 aromatic heterocycles. The van der Waals surface area contributed by atoms with Gasteiger partial charge in [0.2, 0.25) is 0 Å². The molecular formula is C21H18N2O5. The summed E-state index contributed by atoms with van der Waals surface area (Å²) in [5.41, 5.74) is 2.01. The van der Waals surface area contributed by atoms with E-state index in [0.717, 1.165) is 0 Å². The lowest BCUT2D eigenvalue weighted by molar-refractivity contribution is -0.384. The van der Waals surface area contributed by atoms with Crippen LogP contribution < -0.4 is 4.90 Å². The molecule has 1 aliphatic rings. The second-order valence-electron chi connectivity index (χ2n) is 6.06. The van der Waals surface area contributed by atoms with Crippen molar-refractivity contribution in [2.24, 2.45) is 0 Å². The number of anilines is 1. The number of rotatable bonds is 5. The average molecular weight is 378 g/mol. The number of nitrogens with zero attached hydrogens (tertiary/aromatic N) is 2. The number of esters is 1. The number of para-hydroxylation sites is 1. The molecule has 1 aliphatic heterocycles. The number of ether oxygens (including phenoxy) is 1. The Morgan fingerprint density at radius 2 is 1.79 bits per heavy atom. The molecule has 0 spiro atoms. The van der Waals surface area contributed by atoms with E-state index >= 15 is 0 Å². The van der Waals surface area contributed by atoms with Crippen molar-refractivity contribution >= 4 is 29.3 Å². The van der Waals surface area contributed by atoms with E-state index < -0.39 is 10.9 Å². The van der Waals surface area contributed by atoms with Crippen LogP contribution in [0.4, 0.5) is 11.4 Å². The number of allylic oxidation sites excluding steroid dienone is 1. The van der Waals surface area contributed by atoms with Gasteiger partial charge in [0.1, 0.15) is 0 Å². The van der Waals surface area contributed by atoms with Crippen molar-refractivity contribution in [3.8, 4) is 0 Å². The molecule has 2 aromatic carbocycles. The van der Waals surface area contributed by atoms with Gasteiger partial charge in [-0.2, -0.15) is 0 Å². The van der Waals surface area contributed by atoms with E-state index in [4.69, 9.17) is 4.74 Å². The molecule has 142 valence electrons. The van der Waals surface area contributed by atoms with Crippen LogP contribution in [0.25, 0.3) is 6.08 Å². The predicted octanol–water partition coefficient (Wildman–Crippen LogP) is 3.86. The molecule has 7 heteroatoms. The van der Waals surface area contributed by atoms with Crippen LogP contribution in [0.1, 0.15) is 19.4 Å². The van der Waals surface area contributed by atoms with Crippen molar-refractivity contribution in [2.75, 3.05) is 11.5 Å². The highest BCUT2D eigenvalue weighted by atomic mass is 16.6. The van der Waals surface area contributed by atoms with E-state index in [1.807, 2.05) is 6.07 Å². The summed E-state index contributed by atoms with van der Waals surface area (Å²) in [5, 5.41) is 10.8. The van der Waals surface area contributed by atoms with Crippen LogP contribution in [-0.4, -0.2) is 23.4 Å². The number of carbonyl (C=O) groups excluding carboxylic acids is 2. The smallest absolute Gasteiger partial charge is 0.340 e. The Hall–Kier alpha value is -3.74. The Morgan fingerprint density at radius 3 is 2.36 bits per heavy atom. The average Bonchev–Trinajstić information content (AvgIpc) is 2.93. The van der Waals surface area contributed by atoms with Crippen molar-refractivity contribution in [3.63, 3.8) is 0 Å². The molecule has 1 heterocycles. The standard InChI is InChI=1S/C21H18N2O5/c1-3-28-21(25)19-14(2)22(16-7-5-4-6-8-16)20(24)18(19)13-15-9-11-17(12-10-15)23(26)27/h4-13H,3H2,1-2H3/b18-13+.